The molecule has 1 heterocycles. The van der Waals surface area contributed by atoms with Gasteiger partial charge in [0.15, 0.2) is 0 Å². The molecular weight excluding hydrogens is 262 g/mol. The molecular formula is C13H17N3O4. The summed E-state index contributed by atoms with van der Waals surface area (Å²) in [5.41, 5.74) is 0.382. The Hall–Kier alpha value is -2.44. The molecule has 1 aromatic rings. The number of nitrogens with one attached hydrogen (secondary N) is 2. The Bertz CT molecular complexity index is 511. The summed E-state index contributed by atoms with van der Waals surface area (Å²) in [6.07, 6.45) is 1.24. The third-order valence-electron chi connectivity index (χ3n) is 2.70. The van der Waals surface area contributed by atoms with Crippen molar-refractivity contribution in [1.82, 2.24) is 15.6 Å². The second-order valence-electron chi connectivity index (χ2n) is 4.54. The van der Waals surface area contributed by atoms with Crippen LogP contribution in [0, 0.1) is 5.92 Å². The van der Waals surface area contributed by atoms with Crippen LogP contribution in [0.1, 0.15) is 34.7 Å². The SMILES string of the molecule is CNC(=O)c1ccc(C(=O)NC(C(=O)O)C(C)C)cn1. The van der Waals surface area contributed by atoms with E-state index in [1.807, 2.05) is 0 Å². The number of aromatic nitrogens is 1. The molecule has 0 saturated heterocycles. The van der Waals surface area contributed by atoms with Crippen molar-refractivity contribution in [3.05, 3.63) is 29.6 Å². The maximum atomic E-state index is 11.9. The van der Waals surface area contributed by atoms with Gasteiger partial charge in [-0.05, 0) is 18.1 Å². The van der Waals surface area contributed by atoms with E-state index in [9.17, 15) is 14.4 Å². The fourth-order valence-electron chi connectivity index (χ4n) is 1.53. The average molecular weight is 279 g/mol. The highest BCUT2D eigenvalue weighted by Crippen LogP contribution is 2.05. The van der Waals surface area contributed by atoms with Crippen molar-refractivity contribution in [2.75, 3.05) is 7.05 Å². The number of carbonyl (C=O) groups is 3. The second kappa shape index (κ2) is 6.65. The Balaban J connectivity index is 2.82. The first-order chi connectivity index (χ1) is 9.36. The fraction of sp³-hybridized carbons (Fsp3) is 0.385. The van der Waals surface area contributed by atoms with Crippen molar-refractivity contribution in [3.63, 3.8) is 0 Å². The van der Waals surface area contributed by atoms with E-state index in [1.54, 1.807) is 13.8 Å². The summed E-state index contributed by atoms with van der Waals surface area (Å²) in [5.74, 6) is -2.23. The maximum absolute atomic E-state index is 11.9. The molecule has 0 aliphatic carbocycles. The number of hydrogen-bond acceptors (Lipinski definition) is 4. The van der Waals surface area contributed by atoms with Crippen molar-refractivity contribution in [2.45, 2.75) is 19.9 Å². The molecule has 7 nitrogen and oxygen atoms in total. The standard InChI is InChI=1S/C13H17N3O4/c1-7(2)10(13(19)20)16-11(17)8-4-5-9(15-6-8)12(18)14-3/h4-7,10H,1-3H3,(H,14,18)(H,16,17)(H,19,20). The Morgan fingerprint density at radius 3 is 2.25 bits per heavy atom. The van der Waals surface area contributed by atoms with Gasteiger partial charge in [-0.25, -0.2) is 4.79 Å². The van der Waals surface area contributed by atoms with E-state index in [1.165, 1.54) is 25.4 Å². The van der Waals surface area contributed by atoms with Gasteiger partial charge in [-0.15, -0.1) is 0 Å². The molecule has 3 N–H and O–H groups in total. The van der Waals surface area contributed by atoms with E-state index in [2.05, 4.69) is 15.6 Å². The number of carbonyl (C=O) groups excluding carboxylic acids is 2. The van der Waals surface area contributed by atoms with Gasteiger partial charge in [-0.1, -0.05) is 13.8 Å². The normalized spacial score (nSPS) is 11.8. The smallest absolute Gasteiger partial charge is 0.326 e. The molecule has 20 heavy (non-hydrogen) atoms. The van der Waals surface area contributed by atoms with Gasteiger partial charge in [0.1, 0.15) is 11.7 Å². The molecule has 2 amide bonds. The van der Waals surface area contributed by atoms with Crippen LogP contribution in [0.25, 0.3) is 0 Å². The summed E-state index contributed by atoms with van der Waals surface area (Å²) in [6.45, 7) is 3.40. The van der Waals surface area contributed by atoms with Crippen molar-refractivity contribution in [2.24, 2.45) is 5.92 Å². The Morgan fingerprint density at radius 2 is 1.85 bits per heavy atom. The number of carboxylic acid groups (broad SMARTS) is 1. The fourth-order valence-corrected chi connectivity index (χ4v) is 1.53. The lowest BCUT2D eigenvalue weighted by atomic mass is 10.0. The second-order valence-corrected chi connectivity index (χ2v) is 4.54. The molecule has 7 heteroatoms. The Labute approximate surface area is 116 Å². The quantitative estimate of drug-likeness (QED) is 0.717. The van der Waals surface area contributed by atoms with Crippen LogP contribution in [0.4, 0.5) is 0 Å². The Morgan fingerprint density at radius 1 is 1.20 bits per heavy atom. The molecule has 1 atom stereocenters. The molecule has 0 saturated carbocycles. The minimum Gasteiger partial charge on any atom is -0.480 e. The first-order valence-electron chi connectivity index (χ1n) is 6.08. The van der Waals surface area contributed by atoms with Gasteiger partial charge >= 0.3 is 5.97 Å². The van der Waals surface area contributed by atoms with Crippen LogP contribution in [-0.2, 0) is 4.79 Å². The number of aliphatic carboxylic acids is 1. The molecule has 108 valence electrons. The van der Waals surface area contributed by atoms with Crippen LogP contribution in [0.3, 0.4) is 0 Å². The van der Waals surface area contributed by atoms with Gasteiger partial charge in [0.2, 0.25) is 0 Å². The molecule has 0 aromatic carbocycles. The van der Waals surface area contributed by atoms with E-state index in [0.29, 0.717) is 0 Å². The molecule has 0 fully saturated rings. The number of amides is 2. The van der Waals surface area contributed by atoms with Crippen LogP contribution in [0.2, 0.25) is 0 Å². The summed E-state index contributed by atoms with van der Waals surface area (Å²) in [7, 11) is 1.48. The molecule has 1 rings (SSSR count). The van der Waals surface area contributed by atoms with Crippen molar-refractivity contribution in [1.29, 1.82) is 0 Å². The monoisotopic (exact) mass is 279 g/mol. The third kappa shape index (κ3) is 3.78. The van der Waals surface area contributed by atoms with Crippen LogP contribution in [0.15, 0.2) is 18.3 Å². The predicted octanol–water partition coefficient (Wildman–Crippen LogP) is 0.280. The first kappa shape index (κ1) is 15.6. The zero-order valence-electron chi connectivity index (χ0n) is 11.5. The highest BCUT2D eigenvalue weighted by atomic mass is 16.4. The summed E-state index contributed by atoms with van der Waals surface area (Å²) in [4.78, 5) is 38.1. The predicted molar refractivity (Wildman–Crippen MR) is 71.4 cm³/mol. The molecule has 0 radical (unpaired) electrons. The first-order valence-corrected chi connectivity index (χ1v) is 6.08. The van der Waals surface area contributed by atoms with Gasteiger partial charge in [-0.3, -0.25) is 14.6 Å². The number of pyridine rings is 1. The molecule has 0 bridgehead atoms. The lowest BCUT2D eigenvalue weighted by molar-refractivity contribution is -0.140. The van der Waals surface area contributed by atoms with E-state index >= 15 is 0 Å². The van der Waals surface area contributed by atoms with Gasteiger partial charge in [0.25, 0.3) is 11.8 Å². The summed E-state index contributed by atoms with van der Waals surface area (Å²) in [6, 6.07) is 1.85. The topological polar surface area (TPSA) is 108 Å². The van der Waals surface area contributed by atoms with Crippen LogP contribution in [0.5, 0.6) is 0 Å². The maximum Gasteiger partial charge on any atom is 0.326 e. The number of rotatable bonds is 5. The van der Waals surface area contributed by atoms with E-state index < -0.39 is 17.9 Å². The molecule has 0 aliphatic heterocycles. The van der Waals surface area contributed by atoms with Gasteiger partial charge < -0.3 is 15.7 Å². The molecule has 1 aromatic heterocycles. The number of hydrogen-bond donors (Lipinski definition) is 3. The lowest BCUT2D eigenvalue weighted by Gasteiger charge is -2.17. The summed E-state index contributed by atoms with van der Waals surface area (Å²) >= 11 is 0. The Kier molecular flexibility index (Phi) is 5.19. The summed E-state index contributed by atoms with van der Waals surface area (Å²) in [5, 5.41) is 13.8. The zero-order chi connectivity index (χ0) is 15.3. The van der Waals surface area contributed by atoms with Crippen LogP contribution in [-0.4, -0.2) is 41.0 Å². The van der Waals surface area contributed by atoms with Crippen LogP contribution >= 0.6 is 0 Å². The molecule has 0 spiro atoms. The van der Waals surface area contributed by atoms with Gasteiger partial charge in [0, 0.05) is 13.2 Å². The third-order valence-corrected chi connectivity index (χ3v) is 2.70. The number of nitrogens with zero attached hydrogens (tertiary/aromatic N) is 1. The van der Waals surface area contributed by atoms with Crippen molar-refractivity contribution >= 4 is 17.8 Å². The van der Waals surface area contributed by atoms with Gasteiger partial charge in [0.05, 0.1) is 5.56 Å². The van der Waals surface area contributed by atoms with Gasteiger partial charge in [-0.2, -0.15) is 0 Å². The minimum atomic E-state index is -1.09. The number of carboxylic acids is 1. The van der Waals surface area contributed by atoms with Crippen molar-refractivity contribution in [3.8, 4) is 0 Å². The largest absolute Gasteiger partial charge is 0.480 e. The van der Waals surface area contributed by atoms with E-state index in [4.69, 9.17) is 5.11 Å². The molecule has 0 aliphatic rings. The highest BCUT2D eigenvalue weighted by molar-refractivity contribution is 5.97. The molecule has 1 unspecified atom stereocenters. The lowest BCUT2D eigenvalue weighted by Crippen LogP contribution is -2.44. The van der Waals surface area contributed by atoms with E-state index in [0.717, 1.165) is 0 Å². The van der Waals surface area contributed by atoms with E-state index in [-0.39, 0.29) is 23.1 Å². The minimum absolute atomic E-state index is 0.183. The average Bonchev–Trinajstić information content (AvgIpc) is 2.43. The van der Waals surface area contributed by atoms with Crippen molar-refractivity contribution < 1.29 is 19.5 Å². The zero-order valence-corrected chi connectivity index (χ0v) is 11.5. The van der Waals surface area contributed by atoms with Crippen LogP contribution < -0.4 is 10.6 Å². The highest BCUT2D eigenvalue weighted by Gasteiger charge is 2.24. The summed E-state index contributed by atoms with van der Waals surface area (Å²) < 4.78 is 0.